The molecule has 2 aliphatic rings. The number of carbonyl (C=O) groups is 1. The average molecular weight is 369 g/mol. The molecule has 132 valence electrons. The Labute approximate surface area is 147 Å². The van der Waals surface area contributed by atoms with Gasteiger partial charge in [0.05, 0.1) is 19.1 Å². The lowest BCUT2D eigenvalue weighted by Crippen LogP contribution is -2.53. The number of benzene rings is 1. The van der Waals surface area contributed by atoms with E-state index >= 15 is 0 Å². The summed E-state index contributed by atoms with van der Waals surface area (Å²) in [5.41, 5.74) is 0. The van der Waals surface area contributed by atoms with E-state index in [4.69, 9.17) is 9.26 Å². The summed E-state index contributed by atoms with van der Waals surface area (Å²) in [5, 5.41) is 0.687. The molecule has 2 heterocycles. The molecule has 7 heteroatoms. The predicted molar refractivity (Wildman–Crippen MR) is 96.8 cm³/mol. The molecule has 0 aliphatic carbocycles. The smallest absolute Gasteiger partial charge is 0.312 e. The fourth-order valence-corrected chi connectivity index (χ4v) is 7.09. The van der Waals surface area contributed by atoms with Crippen LogP contribution in [0.1, 0.15) is 19.3 Å². The number of hydrogen-bond acceptors (Lipinski definition) is 6. The lowest BCUT2D eigenvalue weighted by Gasteiger charge is -2.41. The van der Waals surface area contributed by atoms with Gasteiger partial charge < -0.3 is 9.26 Å². The van der Waals surface area contributed by atoms with Gasteiger partial charge in [0.1, 0.15) is 0 Å². The number of esters is 1. The number of carbonyl (C=O) groups excluding carboxylic acids is 1. The molecule has 2 saturated heterocycles. The first-order chi connectivity index (χ1) is 11.5. The number of fused-ring (bicyclic) bond motifs is 2. The van der Waals surface area contributed by atoms with Crippen LogP contribution in [0.4, 0.5) is 0 Å². The van der Waals surface area contributed by atoms with Gasteiger partial charge in [-0.1, -0.05) is 29.6 Å². The van der Waals surface area contributed by atoms with E-state index in [1.165, 1.54) is 18.5 Å². The zero-order chi connectivity index (χ0) is 17.3. The predicted octanol–water partition coefficient (Wildman–Crippen LogP) is 2.91. The Balaban J connectivity index is 1.89. The van der Waals surface area contributed by atoms with E-state index in [0.29, 0.717) is 17.8 Å². The maximum Gasteiger partial charge on any atom is 0.312 e. The van der Waals surface area contributed by atoms with Crippen LogP contribution < -0.4 is 5.30 Å². The van der Waals surface area contributed by atoms with Crippen molar-refractivity contribution in [1.82, 2.24) is 4.90 Å². The third kappa shape index (κ3) is 3.17. The Morgan fingerprint density at radius 1 is 1.29 bits per heavy atom. The van der Waals surface area contributed by atoms with Gasteiger partial charge >= 0.3 is 5.97 Å². The maximum atomic E-state index is 13.4. The van der Waals surface area contributed by atoms with Crippen molar-refractivity contribution in [3.05, 3.63) is 30.3 Å². The Morgan fingerprint density at radius 2 is 2.00 bits per heavy atom. The van der Waals surface area contributed by atoms with Crippen molar-refractivity contribution in [2.75, 3.05) is 20.4 Å². The molecule has 2 aliphatic heterocycles. The van der Waals surface area contributed by atoms with Crippen molar-refractivity contribution < 1.29 is 18.6 Å². The fraction of sp³-hybridized carbons (Fsp3) is 0.588. The molecule has 3 rings (SSSR count). The SMILES string of the molecule is COC(=O)[C@@H]1[C@H](OP(=O)(SC)c2ccccc2)C[C@H]2CC[C@@H]1N2C. The second-order valence-corrected chi connectivity index (χ2v) is 11.0. The average Bonchev–Trinajstić information content (AvgIpc) is 2.85. The third-order valence-corrected chi connectivity index (χ3v) is 9.57. The summed E-state index contributed by atoms with van der Waals surface area (Å²) in [6.07, 6.45) is 4.14. The summed E-state index contributed by atoms with van der Waals surface area (Å²) in [7, 11) is 3.46. The van der Waals surface area contributed by atoms with Crippen LogP contribution in [0, 0.1) is 5.92 Å². The number of hydrogen-bond donors (Lipinski definition) is 0. The van der Waals surface area contributed by atoms with Crippen molar-refractivity contribution >= 4 is 29.2 Å². The standard InChI is InChI=1S/C17H24NO4PS/c1-18-12-9-10-14(18)16(17(19)21-2)15(11-12)22-23(20,24-3)13-7-5-4-6-8-13/h4-8,12,14-16H,9-11H2,1-3H3/t12-,14+,15-,16+,23?/m1/s1. The highest BCUT2D eigenvalue weighted by atomic mass is 32.7. The lowest BCUT2D eigenvalue weighted by molar-refractivity contribution is -0.154. The molecule has 5 nitrogen and oxygen atoms in total. The monoisotopic (exact) mass is 369 g/mol. The first-order valence-corrected chi connectivity index (χ1v) is 11.6. The number of ether oxygens (including phenoxy) is 1. The quantitative estimate of drug-likeness (QED) is 0.588. The van der Waals surface area contributed by atoms with Gasteiger partial charge in [0, 0.05) is 17.4 Å². The maximum absolute atomic E-state index is 13.4. The van der Waals surface area contributed by atoms with Crippen LogP contribution in [0.25, 0.3) is 0 Å². The molecule has 2 bridgehead atoms. The van der Waals surface area contributed by atoms with Gasteiger partial charge in [-0.2, -0.15) is 0 Å². The minimum Gasteiger partial charge on any atom is -0.469 e. The molecule has 0 N–H and O–H groups in total. The third-order valence-electron chi connectivity index (χ3n) is 5.27. The van der Waals surface area contributed by atoms with Gasteiger partial charge in [0.15, 0.2) is 0 Å². The van der Waals surface area contributed by atoms with Crippen LogP contribution in [-0.2, 0) is 18.6 Å². The molecular formula is C17H24NO4PS. The zero-order valence-corrected chi connectivity index (χ0v) is 16.0. The number of nitrogens with zero attached hydrogens (tertiary/aromatic N) is 1. The topological polar surface area (TPSA) is 55.8 Å². The highest BCUT2D eigenvalue weighted by molar-refractivity contribution is 8.58. The molecule has 24 heavy (non-hydrogen) atoms. The van der Waals surface area contributed by atoms with Gasteiger partial charge in [0.25, 0.3) is 6.57 Å². The van der Waals surface area contributed by atoms with Gasteiger partial charge in [-0.3, -0.25) is 14.3 Å². The minimum atomic E-state index is -3.06. The Bertz CT molecular complexity index is 641. The molecule has 2 fully saturated rings. The van der Waals surface area contributed by atoms with E-state index in [9.17, 15) is 9.36 Å². The van der Waals surface area contributed by atoms with E-state index < -0.39 is 6.57 Å². The summed E-state index contributed by atoms with van der Waals surface area (Å²) in [6.45, 7) is -3.06. The zero-order valence-electron chi connectivity index (χ0n) is 14.3. The first-order valence-electron chi connectivity index (χ1n) is 8.19. The second-order valence-electron chi connectivity index (χ2n) is 6.41. The Kier molecular flexibility index (Phi) is 5.40. The molecule has 5 atom stereocenters. The number of piperidine rings is 1. The molecule has 1 aromatic carbocycles. The van der Waals surface area contributed by atoms with Crippen LogP contribution in [-0.4, -0.2) is 49.5 Å². The van der Waals surface area contributed by atoms with Crippen molar-refractivity contribution in [3.63, 3.8) is 0 Å². The fourth-order valence-electron chi connectivity index (χ4n) is 3.97. The highest BCUT2D eigenvalue weighted by Crippen LogP contribution is 2.60. The molecule has 0 amide bonds. The second kappa shape index (κ2) is 7.20. The first kappa shape index (κ1) is 18.0. The summed E-state index contributed by atoms with van der Waals surface area (Å²) >= 11 is 1.23. The van der Waals surface area contributed by atoms with E-state index in [2.05, 4.69) is 11.9 Å². The summed E-state index contributed by atoms with van der Waals surface area (Å²) in [4.78, 5) is 14.7. The van der Waals surface area contributed by atoms with Crippen LogP contribution >= 0.6 is 18.0 Å². The van der Waals surface area contributed by atoms with Crippen molar-refractivity contribution in [2.45, 2.75) is 37.5 Å². The molecule has 0 aromatic heterocycles. The Morgan fingerprint density at radius 3 is 2.62 bits per heavy atom. The van der Waals surface area contributed by atoms with Crippen LogP contribution in [0.3, 0.4) is 0 Å². The van der Waals surface area contributed by atoms with E-state index in [0.717, 1.165) is 12.8 Å². The van der Waals surface area contributed by atoms with Crippen LogP contribution in [0.15, 0.2) is 30.3 Å². The molecule has 0 saturated carbocycles. The lowest BCUT2D eigenvalue weighted by atomic mass is 9.88. The van der Waals surface area contributed by atoms with Crippen molar-refractivity contribution in [1.29, 1.82) is 0 Å². The van der Waals surface area contributed by atoms with Crippen molar-refractivity contribution in [3.8, 4) is 0 Å². The van der Waals surface area contributed by atoms with Gasteiger partial charge in [-0.05, 0) is 44.7 Å². The van der Waals surface area contributed by atoms with Crippen molar-refractivity contribution in [2.24, 2.45) is 5.92 Å². The van der Waals surface area contributed by atoms with Crippen LogP contribution in [0.2, 0.25) is 0 Å². The summed E-state index contributed by atoms with van der Waals surface area (Å²) in [6, 6.07) is 9.75. The highest BCUT2D eigenvalue weighted by Gasteiger charge is 2.51. The van der Waals surface area contributed by atoms with Gasteiger partial charge in [-0.15, -0.1) is 0 Å². The minimum absolute atomic E-state index is 0.104. The van der Waals surface area contributed by atoms with E-state index in [1.807, 2.05) is 30.3 Å². The molecule has 0 spiro atoms. The Hall–Kier alpha value is -0.810. The van der Waals surface area contributed by atoms with E-state index in [1.54, 1.807) is 6.26 Å². The largest absolute Gasteiger partial charge is 0.469 e. The number of methoxy groups -OCH3 is 1. The summed E-state index contributed by atoms with van der Waals surface area (Å²) < 4.78 is 24.6. The molecule has 1 unspecified atom stereocenters. The van der Waals surface area contributed by atoms with Gasteiger partial charge in [0.2, 0.25) is 0 Å². The van der Waals surface area contributed by atoms with Gasteiger partial charge in [-0.25, -0.2) is 0 Å². The van der Waals surface area contributed by atoms with Crippen LogP contribution in [0.5, 0.6) is 0 Å². The summed E-state index contributed by atoms with van der Waals surface area (Å²) in [5.74, 6) is -0.652. The molecular weight excluding hydrogens is 345 g/mol. The molecule has 0 radical (unpaired) electrons. The molecule has 1 aromatic rings. The number of rotatable bonds is 5. The normalized spacial score (nSPS) is 32.3. The van der Waals surface area contributed by atoms with E-state index in [-0.39, 0.29) is 24.0 Å².